The quantitative estimate of drug-likeness (QED) is 0.365. The smallest absolute Gasteiger partial charge is 0.200 e. The molecule has 0 heterocycles. The Hall–Kier alpha value is -1.43. The van der Waals surface area contributed by atoms with Gasteiger partial charge in [-0.15, -0.1) is 0 Å². The Labute approximate surface area is 119 Å². The summed E-state index contributed by atoms with van der Waals surface area (Å²) in [7, 11) is 0. The fourth-order valence-electron chi connectivity index (χ4n) is 2.54. The van der Waals surface area contributed by atoms with Gasteiger partial charge in [0, 0.05) is 0 Å². The van der Waals surface area contributed by atoms with Crippen LogP contribution in [0.3, 0.4) is 0 Å². The van der Waals surface area contributed by atoms with Crippen molar-refractivity contribution in [2.45, 2.75) is 38.6 Å². The van der Waals surface area contributed by atoms with Crippen LogP contribution in [0.1, 0.15) is 44.2 Å². The first-order chi connectivity index (χ1) is 9.99. The summed E-state index contributed by atoms with van der Waals surface area (Å²) < 4.78 is 67.7. The van der Waals surface area contributed by atoms with Crippen LogP contribution in [0.25, 0.3) is 0 Å². The van der Waals surface area contributed by atoms with Crippen LogP contribution >= 0.6 is 0 Å². The third-order valence-electron chi connectivity index (χ3n) is 3.58. The van der Waals surface area contributed by atoms with E-state index in [4.69, 9.17) is 0 Å². The lowest BCUT2D eigenvalue weighted by Crippen LogP contribution is -2.27. The molecule has 0 aliphatic heterocycles. The van der Waals surface area contributed by atoms with Crippen molar-refractivity contribution in [2.24, 2.45) is 0 Å². The summed E-state index contributed by atoms with van der Waals surface area (Å²) in [6.45, 7) is 2.27. The summed E-state index contributed by atoms with van der Waals surface area (Å²) in [5.74, 6) is -9.43. The largest absolute Gasteiger partial charge is 0.306 e. The zero-order valence-corrected chi connectivity index (χ0v) is 11.6. The molecular weight excluding hydrogens is 289 g/mol. The number of halogens is 5. The lowest BCUT2D eigenvalue weighted by atomic mass is 9.96. The first-order valence-corrected chi connectivity index (χ1v) is 6.92. The molecule has 0 radical (unpaired) electrons. The number of benzene rings is 1. The molecule has 1 unspecified atom stereocenters. The Morgan fingerprint density at radius 3 is 2.05 bits per heavy atom. The van der Waals surface area contributed by atoms with Crippen LogP contribution in [0, 0.1) is 29.1 Å². The molecule has 0 aromatic heterocycles. The van der Waals surface area contributed by atoms with Crippen molar-refractivity contribution in [3.63, 3.8) is 0 Å². The molecule has 21 heavy (non-hydrogen) atoms. The van der Waals surface area contributed by atoms with Gasteiger partial charge in [0.1, 0.15) is 0 Å². The SMILES string of the molecule is CCCNC(C1=CCCC1)c1c(F)c(F)c(F)c(F)c1F. The summed E-state index contributed by atoms with van der Waals surface area (Å²) in [5.41, 5.74) is -0.111. The fraction of sp³-hybridized carbons (Fsp3) is 0.467. The molecule has 1 atom stereocenters. The minimum absolute atomic E-state index is 0.418. The van der Waals surface area contributed by atoms with Crippen LogP contribution < -0.4 is 5.32 Å². The summed E-state index contributed by atoms with van der Waals surface area (Å²) in [5, 5.41) is 2.88. The highest BCUT2D eigenvalue weighted by Crippen LogP contribution is 2.35. The Morgan fingerprint density at radius 1 is 1.00 bits per heavy atom. The second kappa shape index (κ2) is 6.56. The van der Waals surface area contributed by atoms with Gasteiger partial charge in [-0.1, -0.05) is 18.6 Å². The number of hydrogen-bond donors (Lipinski definition) is 1. The molecule has 0 fully saturated rings. The molecule has 0 amide bonds. The molecule has 0 bridgehead atoms. The predicted molar refractivity (Wildman–Crippen MR) is 69.2 cm³/mol. The van der Waals surface area contributed by atoms with Gasteiger partial charge < -0.3 is 5.32 Å². The van der Waals surface area contributed by atoms with Gasteiger partial charge in [0.15, 0.2) is 23.3 Å². The third-order valence-corrected chi connectivity index (χ3v) is 3.58. The Kier molecular flexibility index (Phi) is 4.98. The van der Waals surface area contributed by atoms with Crippen LogP contribution in [0.2, 0.25) is 0 Å². The van der Waals surface area contributed by atoms with E-state index in [9.17, 15) is 22.0 Å². The molecule has 6 heteroatoms. The Morgan fingerprint density at radius 2 is 1.57 bits per heavy atom. The molecule has 1 aliphatic carbocycles. The van der Waals surface area contributed by atoms with Gasteiger partial charge in [0.05, 0.1) is 11.6 Å². The van der Waals surface area contributed by atoms with Gasteiger partial charge >= 0.3 is 0 Å². The monoisotopic (exact) mass is 305 g/mol. The van der Waals surface area contributed by atoms with Crippen molar-refractivity contribution < 1.29 is 22.0 Å². The molecule has 1 aromatic carbocycles. The van der Waals surface area contributed by atoms with Gasteiger partial charge in [0.25, 0.3) is 0 Å². The zero-order chi connectivity index (χ0) is 15.6. The maximum atomic E-state index is 13.9. The molecule has 1 aliphatic rings. The van der Waals surface area contributed by atoms with E-state index in [1.165, 1.54) is 0 Å². The first kappa shape index (κ1) is 15.9. The van der Waals surface area contributed by atoms with Crippen LogP contribution in [-0.2, 0) is 0 Å². The minimum Gasteiger partial charge on any atom is -0.306 e. The highest BCUT2D eigenvalue weighted by atomic mass is 19.2. The summed E-state index contributed by atoms with van der Waals surface area (Å²) in [4.78, 5) is 0. The third kappa shape index (κ3) is 2.95. The number of nitrogens with one attached hydrogen (secondary N) is 1. The summed E-state index contributed by atoms with van der Waals surface area (Å²) in [6.07, 6.45) is 4.62. The fourth-order valence-corrected chi connectivity index (χ4v) is 2.54. The van der Waals surface area contributed by atoms with E-state index in [0.29, 0.717) is 25.0 Å². The number of rotatable bonds is 5. The molecule has 0 saturated carbocycles. The average Bonchev–Trinajstić information content (AvgIpc) is 3.00. The van der Waals surface area contributed by atoms with E-state index >= 15 is 0 Å². The Balaban J connectivity index is 2.54. The maximum absolute atomic E-state index is 13.9. The molecule has 1 N–H and O–H groups in total. The van der Waals surface area contributed by atoms with E-state index in [-0.39, 0.29) is 0 Å². The van der Waals surface area contributed by atoms with Crippen molar-refractivity contribution in [3.05, 3.63) is 46.3 Å². The minimum atomic E-state index is -2.12. The van der Waals surface area contributed by atoms with Crippen molar-refractivity contribution in [1.29, 1.82) is 0 Å². The average molecular weight is 305 g/mol. The van der Waals surface area contributed by atoms with Crippen molar-refractivity contribution in [3.8, 4) is 0 Å². The van der Waals surface area contributed by atoms with Gasteiger partial charge in [-0.2, -0.15) is 0 Å². The molecule has 1 aromatic rings. The van der Waals surface area contributed by atoms with Crippen LogP contribution in [0.4, 0.5) is 22.0 Å². The molecule has 0 spiro atoms. The topological polar surface area (TPSA) is 12.0 Å². The van der Waals surface area contributed by atoms with Crippen LogP contribution in [-0.4, -0.2) is 6.54 Å². The number of hydrogen-bond acceptors (Lipinski definition) is 1. The second-order valence-corrected chi connectivity index (χ2v) is 5.04. The molecule has 1 nitrogen and oxygen atoms in total. The maximum Gasteiger partial charge on any atom is 0.200 e. The Bertz CT molecular complexity index is 539. The predicted octanol–water partition coefficient (Wildman–Crippen LogP) is 4.53. The van der Waals surface area contributed by atoms with Crippen LogP contribution in [0.15, 0.2) is 11.6 Å². The van der Waals surface area contributed by atoms with E-state index < -0.39 is 40.7 Å². The lowest BCUT2D eigenvalue weighted by Gasteiger charge is -2.22. The standard InChI is InChI=1S/C15H16F5N/c1-2-7-21-15(8-5-3-4-6-8)9-10(16)12(18)14(20)13(19)11(9)17/h5,15,21H,2-4,6-7H2,1H3. The highest BCUT2D eigenvalue weighted by Gasteiger charge is 2.32. The van der Waals surface area contributed by atoms with Gasteiger partial charge in [0.2, 0.25) is 5.82 Å². The van der Waals surface area contributed by atoms with Gasteiger partial charge in [-0.05, 0) is 32.2 Å². The van der Waals surface area contributed by atoms with Crippen molar-refractivity contribution >= 4 is 0 Å². The van der Waals surface area contributed by atoms with Crippen molar-refractivity contribution in [1.82, 2.24) is 5.32 Å². The van der Waals surface area contributed by atoms with E-state index in [1.54, 1.807) is 6.08 Å². The lowest BCUT2D eigenvalue weighted by molar-refractivity contribution is 0.360. The zero-order valence-electron chi connectivity index (χ0n) is 11.6. The number of allylic oxidation sites excluding steroid dienone is 1. The highest BCUT2D eigenvalue weighted by molar-refractivity contribution is 5.34. The van der Waals surface area contributed by atoms with Crippen molar-refractivity contribution in [2.75, 3.05) is 6.54 Å². The summed E-state index contributed by atoms with van der Waals surface area (Å²) in [6, 6.07) is -0.975. The summed E-state index contributed by atoms with van der Waals surface area (Å²) >= 11 is 0. The molecule has 116 valence electrons. The van der Waals surface area contributed by atoms with Gasteiger partial charge in [-0.25, -0.2) is 22.0 Å². The van der Waals surface area contributed by atoms with Gasteiger partial charge in [-0.3, -0.25) is 0 Å². The second-order valence-electron chi connectivity index (χ2n) is 5.04. The normalized spacial score (nSPS) is 16.2. The molecule has 0 saturated heterocycles. The van der Waals surface area contributed by atoms with E-state index in [2.05, 4.69) is 5.32 Å². The van der Waals surface area contributed by atoms with E-state index in [0.717, 1.165) is 12.8 Å². The first-order valence-electron chi connectivity index (χ1n) is 6.92. The van der Waals surface area contributed by atoms with E-state index in [1.807, 2.05) is 6.92 Å². The molecular formula is C15H16F5N. The molecule has 2 rings (SSSR count). The van der Waals surface area contributed by atoms with Crippen LogP contribution in [0.5, 0.6) is 0 Å².